The van der Waals surface area contributed by atoms with Crippen LogP contribution < -0.4 is 10.1 Å². The number of nitrogens with one attached hydrogen (secondary N) is 1. The molecule has 1 saturated heterocycles. The minimum atomic E-state index is -2.46. The monoisotopic (exact) mass is 415 g/mol. The number of halogens is 2. The van der Waals surface area contributed by atoms with Crippen LogP contribution in [-0.4, -0.2) is 44.3 Å². The first-order chi connectivity index (χ1) is 14.5. The Kier molecular flexibility index (Phi) is 4.67. The molecule has 0 spiro atoms. The van der Waals surface area contributed by atoms with Gasteiger partial charge in [0, 0.05) is 36.7 Å². The van der Waals surface area contributed by atoms with E-state index in [1.807, 2.05) is 25.4 Å². The largest absolute Gasteiger partial charge is 0.488 e. The van der Waals surface area contributed by atoms with E-state index in [1.54, 1.807) is 12.3 Å². The molecule has 2 fully saturated rings. The Hall–Kier alpha value is -2.97. The number of hydrogen-bond donors (Lipinski definition) is 1. The lowest BCUT2D eigenvalue weighted by Crippen LogP contribution is -2.25. The Labute approximate surface area is 172 Å². The predicted molar refractivity (Wildman–Crippen MR) is 106 cm³/mol. The summed E-state index contributed by atoms with van der Waals surface area (Å²) >= 11 is 0. The Morgan fingerprint density at radius 1 is 1.33 bits per heavy atom. The van der Waals surface area contributed by atoms with Gasteiger partial charge in [0.2, 0.25) is 5.91 Å². The zero-order valence-corrected chi connectivity index (χ0v) is 16.6. The molecule has 7 nitrogen and oxygen atoms in total. The van der Waals surface area contributed by atoms with E-state index in [-0.39, 0.29) is 17.9 Å². The van der Waals surface area contributed by atoms with Crippen molar-refractivity contribution in [3.63, 3.8) is 0 Å². The summed E-state index contributed by atoms with van der Waals surface area (Å²) in [6, 6.07) is 5.97. The van der Waals surface area contributed by atoms with Crippen LogP contribution in [0.4, 0.5) is 8.78 Å². The number of amides is 1. The van der Waals surface area contributed by atoms with Crippen molar-refractivity contribution in [3.8, 4) is 17.0 Å². The van der Waals surface area contributed by atoms with Gasteiger partial charge in [-0.2, -0.15) is 5.10 Å². The van der Waals surface area contributed by atoms with Gasteiger partial charge in [-0.25, -0.2) is 13.8 Å². The molecule has 0 radical (unpaired) electrons. The molecule has 2 aliphatic rings. The van der Waals surface area contributed by atoms with Crippen molar-refractivity contribution < 1.29 is 18.3 Å². The molecule has 2 aromatic heterocycles. The number of nitrogens with zero attached hydrogens (tertiary/aromatic N) is 4. The van der Waals surface area contributed by atoms with Crippen molar-refractivity contribution in [2.75, 3.05) is 6.54 Å². The fraction of sp³-hybridized carbons (Fsp3) is 0.476. The molecule has 3 heterocycles. The van der Waals surface area contributed by atoms with Gasteiger partial charge in [-0.05, 0) is 38.0 Å². The van der Waals surface area contributed by atoms with E-state index < -0.39 is 13.0 Å². The molecule has 9 heteroatoms. The highest BCUT2D eigenvalue weighted by Gasteiger charge is 2.30. The van der Waals surface area contributed by atoms with E-state index in [9.17, 15) is 13.6 Å². The van der Waals surface area contributed by atoms with Crippen molar-refractivity contribution in [2.45, 2.75) is 51.3 Å². The number of ether oxygens (including phenoxy) is 1. The lowest BCUT2D eigenvalue weighted by atomic mass is 10.0. The van der Waals surface area contributed by atoms with Crippen LogP contribution in [0, 0.1) is 5.92 Å². The Bertz CT molecular complexity index is 1090. The van der Waals surface area contributed by atoms with Crippen molar-refractivity contribution in [1.82, 2.24) is 24.6 Å². The van der Waals surface area contributed by atoms with Gasteiger partial charge in [0.25, 0.3) is 6.43 Å². The maximum Gasteiger partial charge on any atom is 0.257 e. The summed E-state index contributed by atoms with van der Waals surface area (Å²) in [7, 11) is 0. The molecule has 0 unspecified atom stereocenters. The van der Waals surface area contributed by atoms with Gasteiger partial charge in [-0.1, -0.05) is 0 Å². The standard InChI is InChI=1S/C21H23F2N5O2/c1-12(14-8-20(29)24-9-14)30-18-7-13(16-4-5-27(26-16)10-19(22)23)6-17-21(18)28(11-25-17)15-2-3-15/h4-7,11-12,14-15,19H,2-3,8-10H2,1H3,(H,24,29)/t12-,14-/m1/s1. The SMILES string of the molecule is C[C@@H](Oc1cc(-c2ccn(CC(F)F)n2)cc2ncn(C3CC3)c12)[C@H]1CNC(=O)C1. The number of carbonyl (C=O) groups is 1. The fourth-order valence-corrected chi connectivity index (χ4v) is 4.02. The molecule has 1 aromatic carbocycles. The molecular formula is C21H23F2N5O2. The smallest absolute Gasteiger partial charge is 0.257 e. The van der Waals surface area contributed by atoms with Gasteiger partial charge < -0.3 is 14.6 Å². The van der Waals surface area contributed by atoms with Gasteiger partial charge >= 0.3 is 0 Å². The second-order valence-corrected chi connectivity index (χ2v) is 8.13. The lowest BCUT2D eigenvalue weighted by Gasteiger charge is -2.21. The Morgan fingerprint density at radius 3 is 2.87 bits per heavy atom. The van der Waals surface area contributed by atoms with Gasteiger partial charge in [0.15, 0.2) is 0 Å². The molecule has 1 aliphatic heterocycles. The fourth-order valence-electron chi connectivity index (χ4n) is 4.02. The van der Waals surface area contributed by atoms with Crippen LogP contribution in [-0.2, 0) is 11.3 Å². The number of carbonyl (C=O) groups excluding carboxylic acids is 1. The first kappa shape index (κ1) is 19.0. The van der Waals surface area contributed by atoms with Crippen LogP contribution in [0.3, 0.4) is 0 Å². The number of aromatic nitrogens is 4. The van der Waals surface area contributed by atoms with Crippen LogP contribution in [0.2, 0.25) is 0 Å². The molecule has 1 aliphatic carbocycles. The van der Waals surface area contributed by atoms with Crippen molar-refractivity contribution in [1.29, 1.82) is 0 Å². The van der Waals surface area contributed by atoms with E-state index in [0.29, 0.717) is 30.5 Å². The summed E-state index contributed by atoms with van der Waals surface area (Å²) in [6.45, 7) is 2.13. The zero-order valence-electron chi connectivity index (χ0n) is 16.6. The highest BCUT2D eigenvalue weighted by molar-refractivity contribution is 5.87. The van der Waals surface area contributed by atoms with E-state index in [2.05, 4.69) is 20.0 Å². The van der Waals surface area contributed by atoms with Gasteiger partial charge in [-0.15, -0.1) is 0 Å². The average molecular weight is 415 g/mol. The van der Waals surface area contributed by atoms with E-state index in [1.165, 1.54) is 4.68 Å². The summed E-state index contributed by atoms with van der Waals surface area (Å²) in [5.74, 6) is 0.822. The number of benzene rings is 1. The van der Waals surface area contributed by atoms with Gasteiger partial charge in [-0.3, -0.25) is 9.48 Å². The molecule has 3 aromatic rings. The maximum absolute atomic E-state index is 12.7. The molecular weight excluding hydrogens is 392 g/mol. The Morgan fingerprint density at radius 2 is 2.17 bits per heavy atom. The molecule has 158 valence electrons. The molecule has 5 rings (SSSR count). The number of rotatable bonds is 7. The van der Waals surface area contributed by atoms with E-state index in [0.717, 1.165) is 29.4 Å². The molecule has 0 bridgehead atoms. The zero-order chi connectivity index (χ0) is 20.8. The van der Waals surface area contributed by atoms with Crippen molar-refractivity contribution in [3.05, 3.63) is 30.7 Å². The first-order valence-electron chi connectivity index (χ1n) is 10.2. The number of imidazole rings is 1. The van der Waals surface area contributed by atoms with Crippen molar-refractivity contribution >= 4 is 16.9 Å². The van der Waals surface area contributed by atoms with Gasteiger partial charge in [0.05, 0.1) is 17.5 Å². The second-order valence-electron chi connectivity index (χ2n) is 8.13. The second kappa shape index (κ2) is 7.37. The highest BCUT2D eigenvalue weighted by atomic mass is 19.3. The topological polar surface area (TPSA) is 74.0 Å². The van der Waals surface area contributed by atoms with Crippen molar-refractivity contribution in [2.24, 2.45) is 5.92 Å². The predicted octanol–water partition coefficient (Wildman–Crippen LogP) is 3.40. The molecule has 1 N–H and O–H groups in total. The van der Waals surface area contributed by atoms with Crippen LogP contribution in [0.5, 0.6) is 5.75 Å². The summed E-state index contributed by atoms with van der Waals surface area (Å²) in [5, 5.41) is 7.13. The number of fused-ring (bicyclic) bond motifs is 1. The molecule has 30 heavy (non-hydrogen) atoms. The quantitative estimate of drug-likeness (QED) is 0.642. The molecule has 2 atom stereocenters. The number of alkyl halides is 2. The molecule has 1 amide bonds. The third kappa shape index (κ3) is 3.64. The minimum Gasteiger partial charge on any atom is -0.488 e. The van der Waals surface area contributed by atoms with Crippen LogP contribution in [0.15, 0.2) is 30.7 Å². The maximum atomic E-state index is 12.7. The average Bonchev–Trinajstić information content (AvgIpc) is 3.09. The van der Waals surface area contributed by atoms with Crippen LogP contribution in [0.25, 0.3) is 22.3 Å². The Balaban J connectivity index is 1.52. The van der Waals surface area contributed by atoms with Crippen LogP contribution in [0.1, 0.15) is 32.2 Å². The lowest BCUT2D eigenvalue weighted by molar-refractivity contribution is -0.119. The highest BCUT2D eigenvalue weighted by Crippen LogP contribution is 2.41. The van der Waals surface area contributed by atoms with Gasteiger partial charge in [0.1, 0.15) is 23.9 Å². The summed E-state index contributed by atoms with van der Waals surface area (Å²) in [4.78, 5) is 16.2. The molecule has 1 saturated carbocycles. The third-order valence-corrected chi connectivity index (χ3v) is 5.82. The summed E-state index contributed by atoms with van der Waals surface area (Å²) in [5.41, 5.74) is 3.07. The summed E-state index contributed by atoms with van der Waals surface area (Å²) in [6.07, 6.45) is 3.43. The van der Waals surface area contributed by atoms with Crippen LogP contribution >= 0.6 is 0 Å². The normalized spacial score (nSPS) is 20.1. The summed E-state index contributed by atoms with van der Waals surface area (Å²) < 4.78 is 35.1. The van der Waals surface area contributed by atoms with E-state index in [4.69, 9.17) is 4.74 Å². The first-order valence-corrected chi connectivity index (χ1v) is 10.2. The minimum absolute atomic E-state index is 0.0435. The van der Waals surface area contributed by atoms with E-state index >= 15 is 0 Å². The number of hydrogen-bond acceptors (Lipinski definition) is 4. The third-order valence-electron chi connectivity index (χ3n) is 5.82.